The van der Waals surface area contributed by atoms with Crippen LogP contribution in [0.15, 0.2) is 10.9 Å². The highest BCUT2D eigenvalue weighted by Gasteiger charge is 2.21. The Morgan fingerprint density at radius 2 is 1.92 bits per heavy atom. The molecule has 0 saturated heterocycles. The van der Waals surface area contributed by atoms with Crippen molar-refractivity contribution in [1.29, 1.82) is 0 Å². The summed E-state index contributed by atoms with van der Waals surface area (Å²) in [5.74, 6) is -0.370. The standard InChI is InChI=1S/C8H10BrFN2/c1-8(2,3)6-5(10)7(9)12-4-11-6/h4H,1-3H3. The van der Waals surface area contributed by atoms with Gasteiger partial charge in [-0.05, 0) is 15.9 Å². The van der Waals surface area contributed by atoms with Crippen molar-refractivity contribution < 1.29 is 4.39 Å². The fraction of sp³-hybridized carbons (Fsp3) is 0.500. The fourth-order valence-electron chi connectivity index (χ4n) is 0.871. The molecule has 0 atom stereocenters. The zero-order valence-electron chi connectivity index (χ0n) is 7.23. The van der Waals surface area contributed by atoms with Crippen LogP contribution in [0.5, 0.6) is 0 Å². The highest BCUT2D eigenvalue weighted by atomic mass is 79.9. The first-order valence-corrected chi connectivity index (χ1v) is 4.38. The van der Waals surface area contributed by atoms with Crippen molar-refractivity contribution in [2.24, 2.45) is 0 Å². The minimum absolute atomic E-state index is 0.224. The number of hydrogen-bond acceptors (Lipinski definition) is 2. The highest BCUT2D eigenvalue weighted by Crippen LogP contribution is 2.25. The zero-order valence-corrected chi connectivity index (χ0v) is 8.81. The quantitative estimate of drug-likeness (QED) is 0.644. The Morgan fingerprint density at radius 1 is 1.33 bits per heavy atom. The van der Waals surface area contributed by atoms with E-state index in [1.807, 2.05) is 20.8 Å². The van der Waals surface area contributed by atoms with Gasteiger partial charge in [0, 0.05) is 5.41 Å². The van der Waals surface area contributed by atoms with Crippen molar-refractivity contribution in [3.8, 4) is 0 Å². The van der Waals surface area contributed by atoms with Crippen LogP contribution in [0, 0.1) is 5.82 Å². The lowest BCUT2D eigenvalue weighted by molar-refractivity contribution is 0.493. The molecular weight excluding hydrogens is 223 g/mol. The average molecular weight is 233 g/mol. The number of rotatable bonds is 0. The SMILES string of the molecule is CC(C)(C)c1ncnc(Br)c1F. The lowest BCUT2D eigenvalue weighted by Crippen LogP contribution is -2.16. The first-order chi connectivity index (χ1) is 5.43. The molecule has 0 aliphatic rings. The van der Waals surface area contributed by atoms with Crippen molar-refractivity contribution in [1.82, 2.24) is 9.97 Å². The van der Waals surface area contributed by atoms with Crippen molar-refractivity contribution >= 4 is 15.9 Å². The van der Waals surface area contributed by atoms with E-state index in [0.29, 0.717) is 5.69 Å². The summed E-state index contributed by atoms with van der Waals surface area (Å²) in [6.07, 6.45) is 1.35. The minimum Gasteiger partial charge on any atom is -0.238 e. The second kappa shape index (κ2) is 3.09. The van der Waals surface area contributed by atoms with Gasteiger partial charge in [0.15, 0.2) is 5.82 Å². The Labute approximate surface area is 79.4 Å². The summed E-state index contributed by atoms with van der Waals surface area (Å²) in [6, 6.07) is 0. The first-order valence-electron chi connectivity index (χ1n) is 3.59. The number of hydrogen-bond donors (Lipinski definition) is 0. The van der Waals surface area contributed by atoms with Crippen molar-refractivity contribution in [3.63, 3.8) is 0 Å². The maximum absolute atomic E-state index is 13.3. The topological polar surface area (TPSA) is 25.8 Å². The predicted octanol–water partition coefficient (Wildman–Crippen LogP) is 2.68. The van der Waals surface area contributed by atoms with E-state index >= 15 is 0 Å². The number of aromatic nitrogens is 2. The normalized spacial score (nSPS) is 11.8. The lowest BCUT2D eigenvalue weighted by atomic mass is 9.92. The number of halogens is 2. The molecule has 0 aromatic carbocycles. The molecular formula is C8H10BrFN2. The van der Waals surface area contributed by atoms with E-state index in [1.54, 1.807) is 0 Å². The molecule has 0 unspecified atom stereocenters. The molecule has 1 rings (SSSR count). The third kappa shape index (κ3) is 1.80. The van der Waals surface area contributed by atoms with Gasteiger partial charge < -0.3 is 0 Å². The van der Waals surface area contributed by atoms with Crippen LogP contribution in [0.4, 0.5) is 4.39 Å². The lowest BCUT2D eigenvalue weighted by Gasteiger charge is -2.17. The van der Waals surface area contributed by atoms with Gasteiger partial charge >= 0.3 is 0 Å². The van der Waals surface area contributed by atoms with Crippen molar-refractivity contribution in [2.45, 2.75) is 26.2 Å². The van der Waals surface area contributed by atoms with Crippen molar-refractivity contribution in [3.05, 3.63) is 22.4 Å². The molecule has 1 aromatic heterocycles. The first kappa shape index (κ1) is 9.58. The molecule has 0 bridgehead atoms. The molecule has 0 saturated carbocycles. The summed E-state index contributed by atoms with van der Waals surface area (Å²) in [5.41, 5.74) is 0.152. The molecule has 0 N–H and O–H groups in total. The van der Waals surface area contributed by atoms with Crippen LogP contribution < -0.4 is 0 Å². The summed E-state index contributed by atoms with van der Waals surface area (Å²) in [7, 11) is 0. The van der Waals surface area contributed by atoms with E-state index in [1.165, 1.54) is 6.33 Å². The van der Waals surface area contributed by atoms with E-state index in [9.17, 15) is 4.39 Å². The predicted molar refractivity (Wildman–Crippen MR) is 48.4 cm³/mol. The van der Waals surface area contributed by atoms with Gasteiger partial charge in [0.1, 0.15) is 10.9 Å². The Balaban J connectivity index is 3.26. The Hall–Kier alpha value is -0.510. The smallest absolute Gasteiger partial charge is 0.177 e. The zero-order chi connectivity index (χ0) is 9.35. The molecule has 12 heavy (non-hydrogen) atoms. The van der Waals surface area contributed by atoms with Crippen LogP contribution in [-0.2, 0) is 5.41 Å². The van der Waals surface area contributed by atoms with Crippen LogP contribution in [0.2, 0.25) is 0 Å². The monoisotopic (exact) mass is 232 g/mol. The van der Waals surface area contributed by atoms with E-state index in [4.69, 9.17) is 0 Å². The summed E-state index contributed by atoms with van der Waals surface area (Å²) >= 11 is 3.01. The molecule has 0 aliphatic carbocycles. The largest absolute Gasteiger partial charge is 0.238 e. The van der Waals surface area contributed by atoms with Crippen LogP contribution in [0.25, 0.3) is 0 Å². The number of nitrogens with zero attached hydrogens (tertiary/aromatic N) is 2. The van der Waals surface area contributed by atoms with Crippen molar-refractivity contribution in [2.75, 3.05) is 0 Å². The molecule has 0 amide bonds. The summed E-state index contributed by atoms with van der Waals surface area (Å²) in [4.78, 5) is 7.58. The van der Waals surface area contributed by atoms with Crippen LogP contribution in [0.1, 0.15) is 26.5 Å². The van der Waals surface area contributed by atoms with E-state index < -0.39 is 0 Å². The molecule has 2 nitrogen and oxygen atoms in total. The maximum Gasteiger partial charge on any atom is 0.177 e. The summed E-state index contributed by atoms with van der Waals surface area (Å²) in [6.45, 7) is 5.72. The highest BCUT2D eigenvalue weighted by molar-refractivity contribution is 9.10. The Morgan fingerprint density at radius 3 is 2.33 bits per heavy atom. The molecule has 0 spiro atoms. The molecule has 0 radical (unpaired) electrons. The summed E-state index contributed by atoms with van der Waals surface area (Å²) < 4.78 is 13.6. The van der Waals surface area contributed by atoms with Gasteiger partial charge in [-0.15, -0.1) is 0 Å². The Kier molecular flexibility index (Phi) is 2.46. The van der Waals surface area contributed by atoms with Gasteiger partial charge in [0.05, 0.1) is 5.69 Å². The molecule has 4 heteroatoms. The average Bonchev–Trinajstić information content (AvgIpc) is 1.92. The van der Waals surface area contributed by atoms with Gasteiger partial charge in [-0.3, -0.25) is 0 Å². The second-order valence-electron chi connectivity index (χ2n) is 3.58. The molecule has 1 heterocycles. The van der Waals surface area contributed by atoms with E-state index in [0.717, 1.165) is 0 Å². The van der Waals surface area contributed by atoms with Crippen LogP contribution >= 0.6 is 15.9 Å². The third-order valence-electron chi connectivity index (χ3n) is 1.46. The fourth-order valence-corrected chi connectivity index (χ4v) is 1.15. The summed E-state index contributed by atoms with van der Waals surface area (Å²) in [5, 5.41) is 0. The third-order valence-corrected chi connectivity index (χ3v) is 2.01. The second-order valence-corrected chi connectivity index (χ2v) is 4.33. The van der Waals surface area contributed by atoms with Crippen LogP contribution in [-0.4, -0.2) is 9.97 Å². The van der Waals surface area contributed by atoms with E-state index in [-0.39, 0.29) is 15.8 Å². The minimum atomic E-state index is -0.370. The van der Waals surface area contributed by atoms with Gasteiger partial charge in [-0.25, -0.2) is 14.4 Å². The molecule has 1 aromatic rings. The van der Waals surface area contributed by atoms with E-state index in [2.05, 4.69) is 25.9 Å². The Bertz CT molecular complexity index is 294. The molecule has 0 aliphatic heterocycles. The van der Waals surface area contributed by atoms with Gasteiger partial charge in [-0.1, -0.05) is 20.8 Å². The maximum atomic E-state index is 13.3. The van der Waals surface area contributed by atoms with Crippen LogP contribution in [0.3, 0.4) is 0 Å². The molecule has 0 fully saturated rings. The molecule has 66 valence electrons. The van der Waals surface area contributed by atoms with Gasteiger partial charge in [0.25, 0.3) is 0 Å². The van der Waals surface area contributed by atoms with Gasteiger partial charge in [0.2, 0.25) is 0 Å². The van der Waals surface area contributed by atoms with Gasteiger partial charge in [-0.2, -0.15) is 0 Å².